The fraction of sp³-hybridized carbons (Fsp3) is 0.333. The summed E-state index contributed by atoms with van der Waals surface area (Å²) in [6.45, 7) is 0.656. The number of benzene rings is 2. The van der Waals surface area contributed by atoms with Crippen molar-refractivity contribution in [3.05, 3.63) is 58.1 Å². The second-order valence-corrected chi connectivity index (χ2v) is 7.71. The van der Waals surface area contributed by atoms with Gasteiger partial charge in [-0.1, -0.05) is 17.7 Å². The fourth-order valence-corrected chi connectivity index (χ4v) is 4.02. The van der Waals surface area contributed by atoms with E-state index >= 15 is 0 Å². The van der Waals surface area contributed by atoms with Crippen LogP contribution in [-0.2, 0) is 14.3 Å². The number of ether oxygens (including phenoxy) is 4. The van der Waals surface area contributed by atoms with Crippen LogP contribution in [0, 0.1) is 0 Å². The average molecular weight is 476 g/mol. The van der Waals surface area contributed by atoms with Gasteiger partial charge in [-0.15, -0.1) is 0 Å². The predicted octanol–water partition coefficient (Wildman–Crippen LogP) is 3.82. The quantitative estimate of drug-likeness (QED) is 0.255. The highest BCUT2D eigenvalue weighted by Gasteiger charge is 2.46. The van der Waals surface area contributed by atoms with Crippen LogP contribution in [0.15, 0.2) is 42.0 Å². The van der Waals surface area contributed by atoms with Crippen LogP contribution in [0.5, 0.6) is 17.2 Å². The Morgan fingerprint density at radius 2 is 1.73 bits per heavy atom. The van der Waals surface area contributed by atoms with E-state index in [9.17, 15) is 14.7 Å². The van der Waals surface area contributed by atoms with E-state index in [1.165, 1.54) is 32.3 Å². The fourth-order valence-electron chi connectivity index (χ4n) is 3.82. The third-order valence-electron chi connectivity index (χ3n) is 5.44. The molecule has 9 heteroatoms. The SMILES string of the molecule is COCCCN1C(=O)C(=O)/C(=C(/O)c2cc(OC)ccc2Cl)C1c1ccc(OC)c(OC)c1. The van der Waals surface area contributed by atoms with Gasteiger partial charge in [-0.25, -0.2) is 0 Å². The third kappa shape index (κ3) is 4.77. The lowest BCUT2D eigenvalue weighted by Crippen LogP contribution is -2.31. The maximum atomic E-state index is 13.1. The van der Waals surface area contributed by atoms with E-state index in [-0.39, 0.29) is 28.5 Å². The molecule has 1 N–H and O–H groups in total. The number of amides is 1. The molecule has 1 unspecified atom stereocenters. The first kappa shape index (κ1) is 24.4. The number of Topliss-reactive ketones (excluding diaryl/α,β-unsaturated/α-hetero) is 1. The van der Waals surface area contributed by atoms with Crippen molar-refractivity contribution in [2.45, 2.75) is 12.5 Å². The van der Waals surface area contributed by atoms with Crippen molar-refractivity contribution in [1.29, 1.82) is 0 Å². The molecule has 0 spiro atoms. The molecule has 1 fully saturated rings. The number of halogens is 1. The van der Waals surface area contributed by atoms with E-state index in [2.05, 4.69) is 0 Å². The van der Waals surface area contributed by atoms with Crippen molar-refractivity contribution in [3.8, 4) is 17.2 Å². The van der Waals surface area contributed by atoms with E-state index in [1.54, 1.807) is 37.4 Å². The van der Waals surface area contributed by atoms with Gasteiger partial charge in [0, 0.05) is 25.8 Å². The maximum absolute atomic E-state index is 13.1. The number of aliphatic hydroxyl groups is 1. The highest BCUT2D eigenvalue weighted by molar-refractivity contribution is 6.47. The molecule has 0 aromatic heterocycles. The van der Waals surface area contributed by atoms with Gasteiger partial charge in [0.25, 0.3) is 11.7 Å². The molecule has 1 amide bonds. The Morgan fingerprint density at radius 1 is 1.00 bits per heavy atom. The Kier molecular flexibility index (Phi) is 7.84. The lowest BCUT2D eigenvalue weighted by atomic mass is 9.94. The zero-order chi connectivity index (χ0) is 24.1. The van der Waals surface area contributed by atoms with Crippen LogP contribution in [-0.4, -0.2) is 63.3 Å². The highest BCUT2D eigenvalue weighted by Crippen LogP contribution is 2.43. The number of hydrogen-bond acceptors (Lipinski definition) is 7. The summed E-state index contributed by atoms with van der Waals surface area (Å²) in [4.78, 5) is 27.5. The van der Waals surface area contributed by atoms with Crippen molar-refractivity contribution >= 4 is 29.1 Å². The Balaban J connectivity index is 2.21. The van der Waals surface area contributed by atoms with Crippen molar-refractivity contribution in [1.82, 2.24) is 4.90 Å². The number of ketones is 1. The lowest BCUT2D eigenvalue weighted by Gasteiger charge is -2.26. The summed E-state index contributed by atoms with van der Waals surface area (Å²) in [6.07, 6.45) is 0.507. The normalized spacial score (nSPS) is 17.4. The van der Waals surface area contributed by atoms with Gasteiger partial charge in [0.1, 0.15) is 11.5 Å². The second kappa shape index (κ2) is 10.6. The molecule has 8 nitrogen and oxygen atoms in total. The Labute approximate surface area is 197 Å². The number of likely N-dealkylation sites (tertiary alicyclic amines) is 1. The molecular weight excluding hydrogens is 450 g/mol. The molecule has 1 aliphatic heterocycles. The Bertz CT molecular complexity index is 1080. The molecule has 1 aliphatic rings. The highest BCUT2D eigenvalue weighted by atomic mass is 35.5. The zero-order valence-electron chi connectivity index (χ0n) is 18.9. The number of rotatable bonds is 9. The van der Waals surface area contributed by atoms with Crippen LogP contribution in [0.2, 0.25) is 5.02 Å². The van der Waals surface area contributed by atoms with Gasteiger partial charge in [-0.3, -0.25) is 9.59 Å². The summed E-state index contributed by atoms with van der Waals surface area (Å²) < 4.78 is 21.0. The number of methoxy groups -OCH3 is 4. The topological polar surface area (TPSA) is 94.5 Å². The molecule has 1 saturated heterocycles. The minimum atomic E-state index is -0.857. The molecule has 33 heavy (non-hydrogen) atoms. The van der Waals surface area contributed by atoms with Gasteiger partial charge >= 0.3 is 0 Å². The summed E-state index contributed by atoms with van der Waals surface area (Å²) in [5, 5.41) is 11.4. The molecule has 0 bridgehead atoms. The molecule has 2 aromatic rings. The largest absolute Gasteiger partial charge is 0.507 e. The van der Waals surface area contributed by atoms with Crippen LogP contribution in [0.25, 0.3) is 5.76 Å². The monoisotopic (exact) mass is 475 g/mol. The Hall–Kier alpha value is -3.23. The number of aliphatic hydroxyl groups excluding tert-OH is 1. The third-order valence-corrected chi connectivity index (χ3v) is 5.77. The minimum absolute atomic E-state index is 0.0696. The van der Waals surface area contributed by atoms with Crippen molar-refractivity contribution in [2.75, 3.05) is 41.6 Å². The van der Waals surface area contributed by atoms with E-state index in [4.69, 9.17) is 30.5 Å². The molecule has 0 saturated carbocycles. The van der Waals surface area contributed by atoms with Gasteiger partial charge < -0.3 is 29.0 Å². The molecule has 176 valence electrons. The maximum Gasteiger partial charge on any atom is 0.295 e. The zero-order valence-corrected chi connectivity index (χ0v) is 19.6. The van der Waals surface area contributed by atoms with E-state index in [0.717, 1.165) is 0 Å². The summed E-state index contributed by atoms with van der Waals surface area (Å²) in [5.74, 6) is -0.537. The van der Waals surface area contributed by atoms with Crippen molar-refractivity contribution in [3.63, 3.8) is 0 Å². The van der Waals surface area contributed by atoms with Crippen LogP contribution in [0.4, 0.5) is 0 Å². The molecule has 1 atom stereocenters. The van der Waals surface area contributed by atoms with Gasteiger partial charge in [0.2, 0.25) is 0 Å². The van der Waals surface area contributed by atoms with E-state index < -0.39 is 17.7 Å². The van der Waals surface area contributed by atoms with Crippen molar-refractivity contribution in [2.24, 2.45) is 0 Å². The van der Waals surface area contributed by atoms with Crippen LogP contribution < -0.4 is 14.2 Å². The second-order valence-electron chi connectivity index (χ2n) is 7.30. The van der Waals surface area contributed by atoms with E-state index in [1.807, 2.05) is 0 Å². The number of nitrogens with zero attached hydrogens (tertiary/aromatic N) is 1. The van der Waals surface area contributed by atoms with Crippen LogP contribution in [0.1, 0.15) is 23.6 Å². The molecule has 3 rings (SSSR count). The van der Waals surface area contributed by atoms with Gasteiger partial charge in [0.05, 0.1) is 38.0 Å². The summed E-state index contributed by atoms with van der Waals surface area (Å²) in [7, 11) is 6.04. The molecule has 2 aromatic carbocycles. The molecular formula is C24H26ClNO7. The van der Waals surface area contributed by atoms with Crippen LogP contribution >= 0.6 is 11.6 Å². The number of carbonyl (C=O) groups is 2. The van der Waals surface area contributed by atoms with Crippen LogP contribution in [0.3, 0.4) is 0 Å². The predicted molar refractivity (Wildman–Crippen MR) is 123 cm³/mol. The Morgan fingerprint density at radius 3 is 2.36 bits per heavy atom. The first-order valence-corrected chi connectivity index (χ1v) is 10.6. The summed E-state index contributed by atoms with van der Waals surface area (Å²) >= 11 is 6.32. The summed E-state index contributed by atoms with van der Waals surface area (Å²) in [6, 6.07) is 8.93. The van der Waals surface area contributed by atoms with Gasteiger partial charge in [-0.05, 0) is 42.3 Å². The minimum Gasteiger partial charge on any atom is -0.507 e. The molecule has 0 aliphatic carbocycles. The molecule has 0 radical (unpaired) electrons. The molecule has 1 heterocycles. The van der Waals surface area contributed by atoms with Gasteiger partial charge in [0.15, 0.2) is 11.5 Å². The van der Waals surface area contributed by atoms with E-state index in [0.29, 0.717) is 35.8 Å². The number of hydrogen-bond donors (Lipinski definition) is 1. The smallest absolute Gasteiger partial charge is 0.295 e. The summed E-state index contributed by atoms with van der Waals surface area (Å²) in [5.41, 5.74) is 0.695. The van der Waals surface area contributed by atoms with Gasteiger partial charge in [-0.2, -0.15) is 0 Å². The first-order chi connectivity index (χ1) is 15.9. The first-order valence-electron chi connectivity index (χ1n) is 10.2. The lowest BCUT2D eigenvalue weighted by molar-refractivity contribution is -0.140. The van der Waals surface area contributed by atoms with Crippen molar-refractivity contribution < 1.29 is 33.6 Å². The average Bonchev–Trinajstić information content (AvgIpc) is 3.08. The number of carbonyl (C=O) groups excluding carboxylic acids is 2. The standard InChI is InChI=1S/C24H26ClNO7/c1-30-11-5-10-26-21(14-6-9-18(32-3)19(12-14)33-4)20(23(28)24(26)29)22(27)16-13-15(31-2)7-8-17(16)25/h6-9,12-13,21,27H,5,10-11H2,1-4H3/b22-20+.